The first kappa shape index (κ1) is 14.6. The first-order valence-electron chi connectivity index (χ1n) is 8.21. The third-order valence-electron chi connectivity index (χ3n) is 4.90. The van der Waals surface area contributed by atoms with Crippen LogP contribution in [-0.2, 0) is 6.42 Å². The molecule has 2 aliphatic rings. The van der Waals surface area contributed by atoms with E-state index in [-0.39, 0.29) is 0 Å². The molecule has 1 aliphatic heterocycles. The average molecular weight is 319 g/mol. The van der Waals surface area contributed by atoms with Gasteiger partial charge in [0.25, 0.3) is 5.95 Å². The molecule has 1 saturated carbocycles. The van der Waals surface area contributed by atoms with Crippen LogP contribution in [-0.4, -0.2) is 23.2 Å². The summed E-state index contributed by atoms with van der Waals surface area (Å²) in [6.07, 6.45) is 5.13. The molecule has 23 heavy (non-hydrogen) atoms. The molecule has 6 heteroatoms. The van der Waals surface area contributed by atoms with E-state index in [9.17, 15) is 8.78 Å². The van der Waals surface area contributed by atoms with E-state index in [4.69, 9.17) is 4.52 Å². The highest BCUT2D eigenvalue weighted by Crippen LogP contribution is 2.36. The zero-order valence-corrected chi connectivity index (χ0v) is 12.8. The van der Waals surface area contributed by atoms with Gasteiger partial charge in [-0.15, -0.1) is 0 Å². The Hall–Kier alpha value is -1.98. The molecule has 1 unspecified atom stereocenters. The van der Waals surface area contributed by atoms with Crippen LogP contribution >= 0.6 is 0 Å². The molecule has 0 amide bonds. The summed E-state index contributed by atoms with van der Waals surface area (Å²) in [5.41, 5.74) is 0.706. The molecule has 0 spiro atoms. The highest BCUT2D eigenvalue weighted by atomic mass is 19.1. The highest BCUT2D eigenvalue weighted by Gasteiger charge is 2.29. The molecular weight excluding hydrogens is 300 g/mol. The number of nitrogens with zero attached hydrogens (tertiary/aromatic N) is 3. The number of hydrogen-bond acceptors (Lipinski definition) is 4. The second kappa shape index (κ2) is 5.91. The summed E-state index contributed by atoms with van der Waals surface area (Å²) in [6, 6.07) is 3.73. The Labute approximate surface area is 133 Å². The fraction of sp³-hybridized carbons (Fsp3) is 0.529. The van der Waals surface area contributed by atoms with Crippen LogP contribution in [0.15, 0.2) is 22.7 Å². The molecule has 122 valence electrons. The van der Waals surface area contributed by atoms with Crippen LogP contribution in [0, 0.1) is 17.6 Å². The highest BCUT2D eigenvalue weighted by molar-refractivity contribution is 5.31. The van der Waals surface area contributed by atoms with Gasteiger partial charge in [-0.1, -0.05) is 6.42 Å². The molecule has 2 aromatic rings. The van der Waals surface area contributed by atoms with E-state index in [1.54, 1.807) is 0 Å². The first-order chi connectivity index (χ1) is 11.2. The van der Waals surface area contributed by atoms with Gasteiger partial charge in [-0.2, -0.15) is 4.98 Å². The Balaban J connectivity index is 1.39. The summed E-state index contributed by atoms with van der Waals surface area (Å²) < 4.78 is 31.9. The minimum Gasteiger partial charge on any atom is -0.338 e. The summed E-state index contributed by atoms with van der Waals surface area (Å²) in [4.78, 5) is 6.62. The largest absolute Gasteiger partial charge is 0.338 e. The topological polar surface area (TPSA) is 42.2 Å². The summed E-state index contributed by atoms with van der Waals surface area (Å²) in [5, 5.41) is 4.09. The van der Waals surface area contributed by atoms with Gasteiger partial charge in [0.05, 0.1) is 0 Å². The lowest BCUT2D eigenvalue weighted by Gasteiger charge is -2.20. The molecule has 1 atom stereocenters. The molecule has 1 aromatic carbocycles. The number of aromatic nitrogens is 2. The van der Waals surface area contributed by atoms with Crippen LogP contribution < -0.4 is 4.90 Å². The SMILES string of the molecule is Fc1cc(F)cc(CC2CCN(c3noc(C4CCC4)n3)C2)c1. The zero-order chi connectivity index (χ0) is 15.8. The third kappa shape index (κ3) is 3.07. The zero-order valence-electron chi connectivity index (χ0n) is 12.8. The fourth-order valence-electron chi connectivity index (χ4n) is 3.42. The van der Waals surface area contributed by atoms with E-state index in [1.807, 2.05) is 0 Å². The van der Waals surface area contributed by atoms with Crippen molar-refractivity contribution in [3.63, 3.8) is 0 Å². The summed E-state index contributed by atoms with van der Waals surface area (Å²) in [7, 11) is 0. The van der Waals surface area contributed by atoms with E-state index in [2.05, 4.69) is 15.0 Å². The molecule has 1 saturated heterocycles. The minimum absolute atomic E-state index is 0.349. The molecule has 0 bridgehead atoms. The average Bonchev–Trinajstić information content (AvgIpc) is 3.04. The lowest BCUT2D eigenvalue weighted by molar-refractivity contribution is 0.292. The Bertz CT molecular complexity index is 679. The number of benzene rings is 1. The number of halogens is 2. The molecule has 0 N–H and O–H groups in total. The monoisotopic (exact) mass is 319 g/mol. The van der Waals surface area contributed by atoms with E-state index < -0.39 is 11.6 Å². The van der Waals surface area contributed by atoms with Crippen LogP contribution in [0.1, 0.15) is 43.1 Å². The summed E-state index contributed by atoms with van der Waals surface area (Å²) in [5.74, 6) is 1.16. The van der Waals surface area contributed by atoms with Gasteiger partial charge >= 0.3 is 0 Å². The predicted molar refractivity (Wildman–Crippen MR) is 81.3 cm³/mol. The molecule has 2 fully saturated rings. The Morgan fingerprint density at radius 1 is 1.13 bits per heavy atom. The Morgan fingerprint density at radius 3 is 2.61 bits per heavy atom. The second-order valence-electron chi connectivity index (χ2n) is 6.64. The first-order valence-corrected chi connectivity index (χ1v) is 8.21. The minimum atomic E-state index is -0.516. The predicted octanol–water partition coefficient (Wildman–Crippen LogP) is 3.68. The van der Waals surface area contributed by atoms with Gasteiger partial charge in [-0.3, -0.25) is 0 Å². The normalized spacial score (nSPS) is 21.7. The van der Waals surface area contributed by atoms with Crippen molar-refractivity contribution in [3.8, 4) is 0 Å². The van der Waals surface area contributed by atoms with Gasteiger partial charge in [-0.25, -0.2) is 8.78 Å². The van der Waals surface area contributed by atoms with Crippen molar-refractivity contribution in [2.45, 2.75) is 38.0 Å². The van der Waals surface area contributed by atoms with Crippen molar-refractivity contribution >= 4 is 5.95 Å². The molecule has 2 heterocycles. The quantitative estimate of drug-likeness (QED) is 0.862. The summed E-state index contributed by atoms with van der Waals surface area (Å²) in [6.45, 7) is 1.65. The van der Waals surface area contributed by atoms with E-state index in [0.29, 0.717) is 29.8 Å². The van der Waals surface area contributed by atoms with Crippen LogP contribution in [0.5, 0.6) is 0 Å². The molecular formula is C17H19F2N3O. The molecule has 0 radical (unpaired) electrons. The molecule has 1 aromatic heterocycles. The van der Waals surface area contributed by atoms with E-state index >= 15 is 0 Å². The van der Waals surface area contributed by atoms with E-state index in [1.165, 1.54) is 18.6 Å². The van der Waals surface area contributed by atoms with Gasteiger partial charge < -0.3 is 9.42 Å². The fourth-order valence-corrected chi connectivity index (χ4v) is 3.42. The van der Waals surface area contributed by atoms with Crippen LogP contribution in [0.3, 0.4) is 0 Å². The van der Waals surface area contributed by atoms with Crippen LogP contribution in [0.25, 0.3) is 0 Å². The molecule has 4 rings (SSSR count). The smallest absolute Gasteiger partial charge is 0.266 e. The van der Waals surface area contributed by atoms with Crippen molar-refractivity contribution in [2.24, 2.45) is 5.92 Å². The Kier molecular flexibility index (Phi) is 3.75. The van der Waals surface area contributed by atoms with Gasteiger partial charge in [-0.05, 0) is 54.5 Å². The van der Waals surface area contributed by atoms with Gasteiger partial charge in [0.1, 0.15) is 11.6 Å². The van der Waals surface area contributed by atoms with Gasteiger partial charge in [0.2, 0.25) is 5.89 Å². The van der Waals surface area contributed by atoms with Crippen molar-refractivity contribution in [1.82, 2.24) is 10.1 Å². The molecule has 1 aliphatic carbocycles. The lowest BCUT2D eigenvalue weighted by atomic mass is 9.85. The van der Waals surface area contributed by atoms with Crippen LogP contribution in [0.2, 0.25) is 0 Å². The summed E-state index contributed by atoms with van der Waals surface area (Å²) >= 11 is 0. The molecule has 4 nitrogen and oxygen atoms in total. The maximum absolute atomic E-state index is 13.3. The second-order valence-corrected chi connectivity index (χ2v) is 6.64. The standard InChI is InChI=1S/C17H19F2N3O/c18-14-7-12(8-15(19)9-14)6-11-4-5-22(10-11)17-20-16(23-21-17)13-2-1-3-13/h7-9,11,13H,1-6,10H2. The lowest BCUT2D eigenvalue weighted by Crippen LogP contribution is -2.21. The number of anilines is 1. The van der Waals surface area contributed by atoms with Crippen LogP contribution in [0.4, 0.5) is 14.7 Å². The van der Waals surface area contributed by atoms with E-state index in [0.717, 1.165) is 44.3 Å². The Morgan fingerprint density at radius 2 is 1.91 bits per heavy atom. The van der Waals surface area contributed by atoms with Crippen molar-refractivity contribution < 1.29 is 13.3 Å². The van der Waals surface area contributed by atoms with Gasteiger partial charge in [0.15, 0.2) is 0 Å². The number of hydrogen-bond donors (Lipinski definition) is 0. The third-order valence-corrected chi connectivity index (χ3v) is 4.90. The number of rotatable bonds is 4. The van der Waals surface area contributed by atoms with Crippen molar-refractivity contribution in [1.29, 1.82) is 0 Å². The van der Waals surface area contributed by atoms with Crippen molar-refractivity contribution in [2.75, 3.05) is 18.0 Å². The maximum Gasteiger partial charge on any atom is 0.266 e. The maximum atomic E-state index is 13.3. The van der Waals surface area contributed by atoms with Gasteiger partial charge in [0, 0.05) is 25.1 Å². The van der Waals surface area contributed by atoms with Crippen molar-refractivity contribution in [3.05, 3.63) is 41.3 Å².